The second kappa shape index (κ2) is 6.41. The van der Waals surface area contributed by atoms with Crippen molar-refractivity contribution in [2.75, 3.05) is 13.7 Å². The molecule has 2 rings (SSSR count). The number of hydrogen-bond acceptors (Lipinski definition) is 3. The van der Waals surface area contributed by atoms with Gasteiger partial charge in [-0.1, -0.05) is 18.2 Å². The van der Waals surface area contributed by atoms with Gasteiger partial charge in [-0.25, -0.2) is 4.79 Å². The molecule has 1 aliphatic rings. The van der Waals surface area contributed by atoms with Gasteiger partial charge in [-0.15, -0.1) is 0 Å². The van der Waals surface area contributed by atoms with Gasteiger partial charge in [-0.3, -0.25) is 0 Å². The van der Waals surface area contributed by atoms with Crippen LogP contribution < -0.4 is 4.74 Å². The summed E-state index contributed by atoms with van der Waals surface area (Å²) in [5.74, 6) is 0.969. The number of carbonyl (C=O) groups excluding carboxylic acids is 1. The molecule has 0 radical (unpaired) electrons. The van der Waals surface area contributed by atoms with Gasteiger partial charge in [0.15, 0.2) is 0 Å². The molecule has 0 heterocycles. The zero-order chi connectivity index (χ0) is 13.7. The Labute approximate surface area is 114 Å². The molecule has 102 valence electrons. The molecule has 0 spiro atoms. The maximum absolute atomic E-state index is 11.9. The average molecular weight is 260 g/mol. The van der Waals surface area contributed by atoms with Crippen LogP contribution in [0.4, 0.5) is 0 Å². The van der Waals surface area contributed by atoms with E-state index < -0.39 is 0 Å². The van der Waals surface area contributed by atoms with Crippen molar-refractivity contribution in [1.29, 1.82) is 0 Å². The van der Waals surface area contributed by atoms with E-state index in [4.69, 9.17) is 9.47 Å². The van der Waals surface area contributed by atoms with Gasteiger partial charge in [0, 0.05) is 5.57 Å². The van der Waals surface area contributed by atoms with Gasteiger partial charge in [-0.05, 0) is 49.8 Å². The van der Waals surface area contributed by atoms with Gasteiger partial charge in [0.05, 0.1) is 13.7 Å². The lowest BCUT2D eigenvalue weighted by molar-refractivity contribution is -0.139. The summed E-state index contributed by atoms with van der Waals surface area (Å²) in [7, 11) is 1.67. The SMILES string of the molecule is CCOC(=O)C1=CCC[C@@H]1Cc1cccc(OC)c1. The standard InChI is InChI=1S/C16H20O3/c1-3-19-16(17)15-9-5-7-13(15)10-12-6-4-8-14(11-12)18-2/h4,6,8-9,11,13H,3,5,7,10H2,1-2H3/t13-/m1/s1. The summed E-state index contributed by atoms with van der Waals surface area (Å²) in [6, 6.07) is 8.02. The number of allylic oxidation sites excluding steroid dienone is 1. The molecule has 1 atom stereocenters. The lowest BCUT2D eigenvalue weighted by atomic mass is 9.93. The zero-order valence-electron chi connectivity index (χ0n) is 11.5. The first-order chi connectivity index (χ1) is 9.24. The van der Waals surface area contributed by atoms with Crippen LogP contribution in [-0.2, 0) is 16.0 Å². The number of hydrogen-bond donors (Lipinski definition) is 0. The third kappa shape index (κ3) is 3.37. The Hall–Kier alpha value is -1.77. The van der Waals surface area contributed by atoms with Crippen LogP contribution in [0, 0.1) is 5.92 Å². The van der Waals surface area contributed by atoms with E-state index in [0.717, 1.165) is 30.6 Å². The zero-order valence-corrected chi connectivity index (χ0v) is 11.5. The third-order valence-electron chi connectivity index (χ3n) is 3.45. The highest BCUT2D eigenvalue weighted by molar-refractivity contribution is 5.89. The van der Waals surface area contributed by atoms with Crippen molar-refractivity contribution >= 4 is 5.97 Å². The normalized spacial score (nSPS) is 18.0. The monoisotopic (exact) mass is 260 g/mol. The maximum atomic E-state index is 11.9. The van der Waals surface area contributed by atoms with Crippen molar-refractivity contribution in [1.82, 2.24) is 0 Å². The second-order valence-electron chi connectivity index (χ2n) is 4.71. The third-order valence-corrected chi connectivity index (χ3v) is 3.45. The first kappa shape index (κ1) is 13.7. The van der Waals surface area contributed by atoms with Crippen molar-refractivity contribution in [3.8, 4) is 5.75 Å². The molecule has 0 bridgehead atoms. The summed E-state index contributed by atoms with van der Waals surface area (Å²) < 4.78 is 10.3. The smallest absolute Gasteiger partial charge is 0.333 e. The van der Waals surface area contributed by atoms with Crippen LogP contribution in [0.5, 0.6) is 5.75 Å². The maximum Gasteiger partial charge on any atom is 0.333 e. The van der Waals surface area contributed by atoms with Gasteiger partial charge in [0.1, 0.15) is 5.75 Å². The first-order valence-corrected chi connectivity index (χ1v) is 6.74. The summed E-state index contributed by atoms with van der Waals surface area (Å²) >= 11 is 0. The van der Waals surface area contributed by atoms with E-state index in [0.29, 0.717) is 6.61 Å². The Morgan fingerprint density at radius 3 is 3.00 bits per heavy atom. The molecule has 1 aliphatic carbocycles. The molecular weight excluding hydrogens is 240 g/mol. The Morgan fingerprint density at radius 1 is 1.42 bits per heavy atom. The van der Waals surface area contributed by atoms with E-state index in [2.05, 4.69) is 6.07 Å². The lowest BCUT2D eigenvalue weighted by Gasteiger charge is -2.14. The molecule has 3 nitrogen and oxygen atoms in total. The molecule has 0 aliphatic heterocycles. The van der Waals surface area contributed by atoms with E-state index >= 15 is 0 Å². The minimum Gasteiger partial charge on any atom is -0.497 e. The van der Waals surface area contributed by atoms with Crippen LogP contribution in [0.3, 0.4) is 0 Å². The molecule has 1 aromatic carbocycles. The van der Waals surface area contributed by atoms with E-state index in [-0.39, 0.29) is 11.9 Å². The average Bonchev–Trinajstić information content (AvgIpc) is 2.87. The second-order valence-corrected chi connectivity index (χ2v) is 4.71. The number of carbonyl (C=O) groups is 1. The van der Waals surface area contributed by atoms with E-state index in [1.807, 2.05) is 31.2 Å². The lowest BCUT2D eigenvalue weighted by Crippen LogP contribution is -2.15. The molecule has 0 saturated carbocycles. The van der Waals surface area contributed by atoms with Gasteiger partial charge in [-0.2, -0.15) is 0 Å². The van der Waals surface area contributed by atoms with Crippen LogP contribution in [0.1, 0.15) is 25.3 Å². The molecule has 0 amide bonds. The Bertz CT molecular complexity index is 477. The van der Waals surface area contributed by atoms with Crippen molar-refractivity contribution in [3.05, 3.63) is 41.5 Å². The molecule has 0 aromatic heterocycles. The van der Waals surface area contributed by atoms with Crippen molar-refractivity contribution in [2.45, 2.75) is 26.2 Å². The van der Waals surface area contributed by atoms with Crippen LogP contribution >= 0.6 is 0 Å². The molecule has 19 heavy (non-hydrogen) atoms. The summed E-state index contributed by atoms with van der Waals surface area (Å²) in [5, 5.41) is 0. The summed E-state index contributed by atoms with van der Waals surface area (Å²) in [6.07, 6.45) is 4.86. The van der Waals surface area contributed by atoms with Crippen LogP contribution in [0.25, 0.3) is 0 Å². The Balaban J connectivity index is 2.06. The number of ether oxygens (including phenoxy) is 2. The van der Waals surface area contributed by atoms with E-state index in [1.54, 1.807) is 7.11 Å². The molecule has 0 saturated heterocycles. The van der Waals surface area contributed by atoms with Crippen molar-refractivity contribution in [3.63, 3.8) is 0 Å². The molecule has 0 fully saturated rings. The molecule has 0 N–H and O–H groups in total. The van der Waals surface area contributed by atoms with E-state index in [1.165, 1.54) is 5.56 Å². The number of esters is 1. The first-order valence-electron chi connectivity index (χ1n) is 6.74. The van der Waals surface area contributed by atoms with Crippen LogP contribution in [0.15, 0.2) is 35.9 Å². The van der Waals surface area contributed by atoms with Gasteiger partial charge >= 0.3 is 5.97 Å². The fraction of sp³-hybridized carbons (Fsp3) is 0.438. The number of methoxy groups -OCH3 is 1. The largest absolute Gasteiger partial charge is 0.497 e. The predicted molar refractivity (Wildman–Crippen MR) is 74.1 cm³/mol. The quantitative estimate of drug-likeness (QED) is 0.763. The Kier molecular flexibility index (Phi) is 4.61. The van der Waals surface area contributed by atoms with E-state index in [9.17, 15) is 4.79 Å². The van der Waals surface area contributed by atoms with Crippen LogP contribution in [0.2, 0.25) is 0 Å². The highest BCUT2D eigenvalue weighted by Crippen LogP contribution is 2.30. The summed E-state index contributed by atoms with van der Waals surface area (Å²) in [6.45, 7) is 2.27. The fourth-order valence-electron chi connectivity index (χ4n) is 2.52. The summed E-state index contributed by atoms with van der Waals surface area (Å²) in [4.78, 5) is 11.9. The Morgan fingerprint density at radius 2 is 2.26 bits per heavy atom. The van der Waals surface area contributed by atoms with Gasteiger partial charge in [0.2, 0.25) is 0 Å². The molecular formula is C16H20O3. The van der Waals surface area contributed by atoms with Gasteiger partial charge in [0.25, 0.3) is 0 Å². The highest BCUT2D eigenvalue weighted by Gasteiger charge is 2.26. The minimum atomic E-state index is -0.159. The topological polar surface area (TPSA) is 35.5 Å². The predicted octanol–water partition coefficient (Wildman–Crippen LogP) is 3.14. The van der Waals surface area contributed by atoms with Gasteiger partial charge < -0.3 is 9.47 Å². The summed E-state index contributed by atoms with van der Waals surface area (Å²) in [5.41, 5.74) is 2.03. The minimum absolute atomic E-state index is 0.159. The number of benzene rings is 1. The van der Waals surface area contributed by atoms with Crippen molar-refractivity contribution < 1.29 is 14.3 Å². The van der Waals surface area contributed by atoms with Crippen molar-refractivity contribution in [2.24, 2.45) is 5.92 Å². The molecule has 0 unspecified atom stereocenters. The molecule has 3 heteroatoms. The van der Waals surface area contributed by atoms with Crippen LogP contribution in [-0.4, -0.2) is 19.7 Å². The highest BCUT2D eigenvalue weighted by atomic mass is 16.5. The molecule has 1 aromatic rings. The number of rotatable bonds is 5. The fourth-order valence-corrected chi connectivity index (χ4v) is 2.52.